The SMILES string of the molecule is O[C@@H]1CCC[C@H]1Sc1ccncn1. The largest absolute Gasteiger partial charge is 0.392 e. The summed E-state index contributed by atoms with van der Waals surface area (Å²) in [4.78, 5) is 7.97. The Bertz CT molecular complexity index is 268. The molecule has 0 amide bonds. The Labute approximate surface area is 81.6 Å². The summed E-state index contributed by atoms with van der Waals surface area (Å²) in [5.41, 5.74) is 0. The Kier molecular flexibility index (Phi) is 2.80. The van der Waals surface area contributed by atoms with E-state index in [9.17, 15) is 5.11 Å². The minimum atomic E-state index is -0.153. The van der Waals surface area contributed by atoms with Gasteiger partial charge in [0.15, 0.2) is 0 Å². The molecule has 0 aliphatic heterocycles. The standard InChI is InChI=1S/C9H12N2OS/c12-7-2-1-3-8(7)13-9-4-5-10-6-11-9/h4-8,12H,1-3H2/t7-,8-/m1/s1. The van der Waals surface area contributed by atoms with Gasteiger partial charge in [-0.3, -0.25) is 0 Å². The molecule has 0 unspecified atom stereocenters. The molecule has 13 heavy (non-hydrogen) atoms. The van der Waals surface area contributed by atoms with E-state index in [4.69, 9.17) is 0 Å². The summed E-state index contributed by atoms with van der Waals surface area (Å²) in [6, 6.07) is 1.88. The van der Waals surface area contributed by atoms with Crippen LogP contribution < -0.4 is 0 Å². The van der Waals surface area contributed by atoms with Gasteiger partial charge in [0.25, 0.3) is 0 Å². The van der Waals surface area contributed by atoms with Gasteiger partial charge in [-0.05, 0) is 25.3 Å². The topological polar surface area (TPSA) is 46.0 Å². The second-order valence-electron chi connectivity index (χ2n) is 3.20. The van der Waals surface area contributed by atoms with Crippen LogP contribution in [-0.2, 0) is 0 Å². The van der Waals surface area contributed by atoms with Gasteiger partial charge < -0.3 is 5.11 Å². The molecule has 1 N–H and O–H groups in total. The van der Waals surface area contributed by atoms with Crippen molar-refractivity contribution in [3.63, 3.8) is 0 Å². The Balaban J connectivity index is 1.98. The molecule has 0 saturated heterocycles. The van der Waals surface area contributed by atoms with Crippen LogP contribution in [0, 0.1) is 0 Å². The van der Waals surface area contributed by atoms with Gasteiger partial charge in [-0.15, -0.1) is 11.8 Å². The van der Waals surface area contributed by atoms with E-state index in [0.717, 1.165) is 24.3 Å². The quantitative estimate of drug-likeness (QED) is 0.728. The number of aliphatic hydroxyl groups is 1. The number of hydrogen-bond donors (Lipinski definition) is 1. The Morgan fingerprint density at radius 3 is 3.00 bits per heavy atom. The first-order valence-corrected chi connectivity index (χ1v) is 5.35. The molecule has 1 fully saturated rings. The first kappa shape index (κ1) is 8.97. The zero-order chi connectivity index (χ0) is 9.10. The van der Waals surface area contributed by atoms with Crippen LogP contribution in [-0.4, -0.2) is 26.4 Å². The molecular formula is C9H12N2OS. The van der Waals surface area contributed by atoms with Gasteiger partial charge in [0.05, 0.1) is 11.1 Å². The molecule has 1 aliphatic carbocycles. The second kappa shape index (κ2) is 4.07. The summed E-state index contributed by atoms with van der Waals surface area (Å²) in [5, 5.41) is 10.9. The maximum absolute atomic E-state index is 9.59. The van der Waals surface area contributed by atoms with E-state index < -0.39 is 0 Å². The van der Waals surface area contributed by atoms with E-state index in [1.54, 1.807) is 24.3 Å². The molecule has 1 aliphatic rings. The van der Waals surface area contributed by atoms with Crippen molar-refractivity contribution in [2.75, 3.05) is 0 Å². The van der Waals surface area contributed by atoms with Crippen molar-refractivity contribution < 1.29 is 5.11 Å². The molecule has 0 bridgehead atoms. The van der Waals surface area contributed by atoms with Gasteiger partial charge in [-0.1, -0.05) is 0 Å². The second-order valence-corrected chi connectivity index (χ2v) is 4.46. The maximum Gasteiger partial charge on any atom is 0.116 e. The van der Waals surface area contributed by atoms with Gasteiger partial charge in [-0.25, -0.2) is 9.97 Å². The fourth-order valence-corrected chi connectivity index (χ4v) is 2.68. The van der Waals surface area contributed by atoms with Gasteiger partial charge in [0.2, 0.25) is 0 Å². The summed E-state index contributed by atoms with van der Waals surface area (Å²) in [6.07, 6.45) is 6.28. The van der Waals surface area contributed by atoms with Crippen LogP contribution in [0.25, 0.3) is 0 Å². The zero-order valence-corrected chi connectivity index (χ0v) is 8.07. The van der Waals surface area contributed by atoms with Crippen molar-refractivity contribution >= 4 is 11.8 Å². The number of aliphatic hydroxyl groups excluding tert-OH is 1. The first-order chi connectivity index (χ1) is 6.36. The lowest BCUT2D eigenvalue weighted by atomic mass is 10.3. The van der Waals surface area contributed by atoms with E-state index in [-0.39, 0.29) is 6.10 Å². The molecule has 1 aromatic rings. The van der Waals surface area contributed by atoms with Crippen LogP contribution >= 0.6 is 11.8 Å². The number of nitrogens with zero attached hydrogens (tertiary/aromatic N) is 2. The van der Waals surface area contributed by atoms with Crippen LogP contribution in [0.4, 0.5) is 0 Å². The highest BCUT2D eigenvalue weighted by Gasteiger charge is 2.26. The van der Waals surface area contributed by atoms with Crippen LogP contribution in [0.1, 0.15) is 19.3 Å². The van der Waals surface area contributed by atoms with Crippen molar-refractivity contribution in [3.05, 3.63) is 18.6 Å². The zero-order valence-electron chi connectivity index (χ0n) is 7.26. The Hall–Kier alpha value is -0.610. The predicted molar refractivity (Wildman–Crippen MR) is 51.5 cm³/mol. The van der Waals surface area contributed by atoms with E-state index >= 15 is 0 Å². The normalized spacial score (nSPS) is 27.8. The summed E-state index contributed by atoms with van der Waals surface area (Å²) >= 11 is 1.66. The van der Waals surface area contributed by atoms with Crippen molar-refractivity contribution in [2.24, 2.45) is 0 Å². The van der Waals surface area contributed by atoms with Crippen LogP contribution in [0.2, 0.25) is 0 Å². The van der Waals surface area contributed by atoms with Crippen molar-refractivity contribution in [2.45, 2.75) is 35.6 Å². The molecule has 4 heteroatoms. The first-order valence-electron chi connectivity index (χ1n) is 4.47. The molecule has 1 aromatic heterocycles. The summed E-state index contributed by atoms with van der Waals surface area (Å²) in [6.45, 7) is 0. The number of rotatable bonds is 2. The smallest absolute Gasteiger partial charge is 0.116 e. The summed E-state index contributed by atoms with van der Waals surface area (Å²) < 4.78 is 0. The third-order valence-corrected chi connectivity index (χ3v) is 3.58. The predicted octanol–water partition coefficient (Wildman–Crippen LogP) is 1.48. The van der Waals surface area contributed by atoms with Gasteiger partial charge in [-0.2, -0.15) is 0 Å². The molecule has 1 heterocycles. The fourth-order valence-electron chi connectivity index (χ4n) is 1.55. The van der Waals surface area contributed by atoms with E-state index in [1.807, 2.05) is 6.07 Å². The summed E-state index contributed by atoms with van der Waals surface area (Å²) in [7, 11) is 0. The molecule has 3 nitrogen and oxygen atoms in total. The highest BCUT2D eigenvalue weighted by atomic mass is 32.2. The van der Waals surface area contributed by atoms with Crippen molar-refractivity contribution in [1.82, 2.24) is 9.97 Å². The van der Waals surface area contributed by atoms with Crippen LogP contribution in [0.15, 0.2) is 23.6 Å². The molecule has 1 saturated carbocycles. The Morgan fingerprint density at radius 1 is 1.46 bits per heavy atom. The van der Waals surface area contributed by atoms with E-state index in [2.05, 4.69) is 9.97 Å². The third-order valence-electron chi connectivity index (χ3n) is 2.24. The monoisotopic (exact) mass is 196 g/mol. The van der Waals surface area contributed by atoms with Gasteiger partial charge >= 0.3 is 0 Å². The average molecular weight is 196 g/mol. The third kappa shape index (κ3) is 2.19. The molecule has 2 atom stereocenters. The lowest BCUT2D eigenvalue weighted by Crippen LogP contribution is -2.15. The molecular weight excluding hydrogens is 184 g/mol. The lowest BCUT2D eigenvalue weighted by Gasteiger charge is -2.12. The van der Waals surface area contributed by atoms with E-state index in [0.29, 0.717) is 5.25 Å². The van der Waals surface area contributed by atoms with Gasteiger partial charge in [0, 0.05) is 11.4 Å². The molecule has 70 valence electrons. The molecule has 0 spiro atoms. The number of aromatic nitrogens is 2. The number of thioether (sulfide) groups is 1. The van der Waals surface area contributed by atoms with Gasteiger partial charge in [0.1, 0.15) is 6.33 Å². The minimum Gasteiger partial charge on any atom is -0.392 e. The lowest BCUT2D eigenvalue weighted by molar-refractivity contribution is 0.188. The average Bonchev–Trinajstić information content (AvgIpc) is 2.54. The molecule has 0 aromatic carbocycles. The van der Waals surface area contributed by atoms with Crippen LogP contribution in [0.5, 0.6) is 0 Å². The van der Waals surface area contributed by atoms with Crippen molar-refractivity contribution in [1.29, 1.82) is 0 Å². The molecule has 0 radical (unpaired) electrons. The summed E-state index contributed by atoms with van der Waals surface area (Å²) in [5.74, 6) is 0. The number of hydrogen-bond acceptors (Lipinski definition) is 4. The minimum absolute atomic E-state index is 0.153. The van der Waals surface area contributed by atoms with Crippen molar-refractivity contribution in [3.8, 4) is 0 Å². The van der Waals surface area contributed by atoms with E-state index in [1.165, 1.54) is 0 Å². The highest BCUT2D eigenvalue weighted by Crippen LogP contribution is 2.33. The highest BCUT2D eigenvalue weighted by molar-refractivity contribution is 7.99. The van der Waals surface area contributed by atoms with Crippen LogP contribution in [0.3, 0.4) is 0 Å². The molecule has 2 rings (SSSR count). The fraction of sp³-hybridized carbons (Fsp3) is 0.556. The Morgan fingerprint density at radius 2 is 2.38 bits per heavy atom. The maximum atomic E-state index is 9.59.